The molecule has 2 fully saturated rings. The zero-order valence-corrected chi connectivity index (χ0v) is 15.8. The van der Waals surface area contributed by atoms with Gasteiger partial charge in [0.15, 0.2) is 5.65 Å². The number of anilines is 1. The molecule has 4 heterocycles. The third-order valence-electron chi connectivity index (χ3n) is 5.20. The predicted octanol–water partition coefficient (Wildman–Crippen LogP) is 2.49. The van der Waals surface area contributed by atoms with Crippen molar-refractivity contribution in [2.24, 2.45) is 0 Å². The average Bonchev–Trinajstić information content (AvgIpc) is 2.68. The van der Waals surface area contributed by atoms with E-state index in [2.05, 4.69) is 25.1 Å². The second kappa shape index (κ2) is 8.48. The van der Waals surface area contributed by atoms with E-state index in [1.807, 2.05) is 18.2 Å². The molecule has 0 aliphatic carbocycles. The summed E-state index contributed by atoms with van der Waals surface area (Å²) in [5, 5.41) is 5.21. The number of nitrogens with zero attached hydrogens (tertiary/aromatic N) is 4. The first-order valence-electron chi connectivity index (χ1n) is 9.47. The molecule has 0 radical (unpaired) electrons. The minimum absolute atomic E-state index is 0.436. The molecular formula is C19H26ClN5O. The molecule has 0 bridgehead atoms. The Bertz CT molecular complexity index is 737. The van der Waals surface area contributed by atoms with Gasteiger partial charge in [-0.05, 0) is 37.6 Å². The zero-order chi connectivity index (χ0) is 17.8. The third kappa shape index (κ3) is 4.62. The van der Waals surface area contributed by atoms with Crippen molar-refractivity contribution in [1.29, 1.82) is 0 Å². The molecule has 2 aliphatic heterocycles. The van der Waals surface area contributed by atoms with E-state index in [0.29, 0.717) is 11.1 Å². The van der Waals surface area contributed by atoms with Gasteiger partial charge < -0.3 is 15.0 Å². The van der Waals surface area contributed by atoms with Gasteiger partial charge >= 0.3 is 0 Å². The lowest BCUT2D eigenvalue weighted by Gasteiger charge is -2.35. The second-order valence-electron chi connectivity index (χ2n) is 7.13. The molecule has 7 heteroatoms. The molecule has 1 unspecified atom stereocenters. The summed E-state index contributed by atoms with van der Waals surface area (Å²) in [5.74, 6) is 0.896. The standard InChI is InChI=1S/C19H26ClN5O/c20-16-12-15-3-4-18(23-19(15)21-13-16)22-17-2-1-5-25(14-17)7-6-24-8-10-26-11-9-24/h3-4,12-13,17H,1-2,5-11,14H2,(H,21,22,23). The lowest BCUT2D eigenvalue weighted by molar-refractivity contribution is 0.0321. The highest BCUT2D eigenvalue weighted by molar-refractivity contribution is 6.31. The molecule has 4 rings (SSSR count). The van der Waals surface area contributed by atoms with E-state index in [9.17, 15) is 0 Å². The van der Waals surface area contributed by atoms with Gasteiger partial charge in [0.05, 0.1) is 18.2 Å². The summed E-state index contributed by atoms with van der Waals surface area (Å²) in [6.07, 6.45) is 4.05. The number of pyridine rings is 2. The number of rotatable bonds is 5. The van der Waals surface area contributed by atoms with Crippen LogP contribution in [0.5, 0.6) is 0 Å². The van der Waals surface area contributed by atoms with Gasteiger partial charge in [0.1, 0.15) is 5.82 Å². The van der Waals surface area contributed by atoms with Crippen molar-refractivity contribution in [3.63, 3.8) is 0 Å². The van der Waals surface area contributed by atoms with E-state index in [0.717, 1.165) is 62.8 Å². The maximum absolute atomic E-state index is 5.99. The second-order valence-corrected chi connectivity index (χ2v) is 7.57. The number of likely N-dealkylation sites (tertiary alicyclic amines) is 1. The van der Waals surface area contributed by atoms with Gasteiger partial charge in [0.2, 0.25) is 0 Å². The van der Waals surface area contributed by atoms with Crippen LogP contribution in [-0.4, -0.2) is 78.3 Å². The Balaban J connectivity index is 1.32. The van der Waals surface area contributed by atoms with E-state index in [1.54, 1.807) is 6.20 Å². The number of hydrogen-bond acceptors (Lipinski definition) is 6. The quantitative estimate of drug-likeness (QED) is 0.866. The van der Waals surface area contributed by atoms with Crippen LogP contribution in [0, 0.1) is 0 Å². The maximum atomic E-state index is 5.99. The van der Waals surface area contributed by atoms with Gasteiger partial charge in [-0.2, -0.15) is 0 Å². The SMILES string of the molecule is Clc1cnc2nc(NC3CCCN(CCN4CCOCC4)C3)ccc2c1. The first kappa shape index (κ1) is 17.9. The van der Waals surface area contributed by atoms with Gasteiger partial charge in [0.25, 0.3) is 0 Å². The minimum atomic E-state index is 0.436. The molecular weight excluding hydrogens is 350 g/mol. The van der Waals surface area contributed by atoms with Gasteiger partial charge in [-0.1, -0.05) is 11.6 Å². The topological polar surface area (TPSA) is 53.5 Å². The highest BCUT2D eigenvalue weighted by Gasteiger charge is 2.21. The van der Waals surface area contributed by atoms with Crippen LogP contribution in [0.3, 0.4) is 0 Å². The Labute approximate surface area is 159 Å². The number of nitrogens with one attached hydrogen (secondary N) is 1. The Morgan fingerprint density at radius 3 is 2.88 bits per heavy atom. The number of aromatic nitrogens is 2. The van der Waals surface area contributed by atoms with Crippen molar-refractivity contribution < 1.29 is 4.74 Å². The largest absolute Gasteiger partial charge is 0.379 e. The third-order valence-corrected chi connectivity index (χ3v) is 5.41. The van der Waals surface area contributed by atoms with E-state index < -0.39 is 0 Å². The van der Waals surface area contributed by atoms with Crippen molar-refractivity contribution in [1.82, 2.24) is 19.8 Å². The van der Waals surface area contributed by atoms with Gasteiger partial charge in [-0.15, -0.1) is 0 Å². The van der Waals surface area contributed by atoms with Crippen molar-refractivity contribution in [2.45, 2.75) is 18.9 Å². The Morgan fingerprint density at radius 2 is 2.00 bits per heavy atom. The van der Waals surface area contributed by atoms with E-state index >= 15 is 0 Å². The molecule has 140 valence electrons. The summed E-state index contributed by atoms with van der Waals surface area (Å²) in [4.78, 5) is 14.0. The molecule has 0 amide bonds. The number of halogens is 1. The molecule has 6 nitrogen and oxygen atoms in total. The Kier molecular flexibility index (Phi) is 5.84. The molecule has 1 N–H and O–H groups in total. The first-order valence-corrected chi connectivity index (χ1v) is 9.85. The van der Waals surface area contributed by atoms with Gasteiger partial charge in [0, 0.05) is 50.3 Å². The number of piperidine rings is 1. The fourth-order valence-electron chi connectivity index (χ4n) is 3.76. The van der Waals surface area contributed by atoms with Crippen LogP contribution in [-0.2, 0) is 4.74 Å². The van der Waals surface area contributed by atoms with E-state index in [4.69, 9.17) is 16.3 Å². The summed E-state index contributed by atoms with van der Waals surface area (Å²) < 4.78 is 5.43. The molecule has 26 heavy (non-hydrogen) atoms. The molecule has 0 aromatic carbocycles. The predicted molar refractivity (Wildman–Crippen MR) is 105 cm³/mol. The van der Waals surface area contributed by atoms with Crippen LogP contribution < -0.4 is 5.32 Å². The highest BCUT2D eigenvalue weighted by Crippen LogP contribution is 2.19. The molecule has 0 spiro atoms. The summed E-state index contributed by atoms with van der Waals surface area (Å²) in [6.45, 7) is 8.39. The van der Waals surface area contributed by atoms with Crippen LogP contribution in [0.1, 0.15) is 12.8 Å². The number of fused-ring (bicyclic) bond motifs is 1. The van der Waals surface area contributed by atoms with Crippen molar-refractivity contribution >= 4 is 28.5 Å². The number of hydrogen-bond donors (Lipinski definition) is 1. The molecule has 2 saturated heterocycles. The molecule has 0 saturated carbocycles. The van der Waals surface area contributed by atoms with Crippen LogP contribution in [0.2, 0.25) is 5.02 Å². The average molecular weight is 376 g/mol. The molecule has 2 aromatic heterocycles. The monoisotopic (exact) mass is 375 g/mol. The normalized spacial score (nSPS) is 22.6. The van der Waals surface area contributed by atoms with Crippen molar-refractivity contribution in [2.75, 3.05) is 57.8 Å². The number of ether oxygens (including phenoxy) is 1. The van der Waals surface area contributed by atoms with Crippen LogP contribution in [0.15, 0.2) is 24.4 Å². The summed E-state index contributed by atoms with van der Waals surface area (Å²) in [6, 6.07) is 6.38. The molecule has 1 atom stereocenters. The lowest BCUT2D eigenvalue weighted by Crippen LogP contribution is -2.46. The first-order chi connectivity index (χ1) is 12.8. The van der Waals surface area contributed by atoms with Crippen molar-refractivity contribution in [3.05, 3.63) is 29.4 Å². The number of morpholine rings is 1. The van der Waals surface area contributed by atoms with Crippen LogP contribution in [0.25, 0.3) is 11.0 Å². The van der Waals surface area contributed by atoms with Crippen LogP contribution in [0.4, 0.5) is 5.82 Å². The highest BCUT2D eigenvalue weighted by atomic mass is 35.5. The zero-order valence-electron chi connectivity index (χ0n) is 15.0. The fourth-order valence-corrected chi connectivity index (χ4v) is 3.92. The van der Waals surface area contributed by atoms with Gasteiger partial charge in [-0.3, -0.25) is 4.90 Å². The molecule has 2 aromatic rings. The summed E-state index contributed by atoms with van der Waals surface area (Å²) in [5.41, 5.74) is 0.736. The fraction of sp³-hybridized carbons (Fsp3) is 0.579. The van der Waals surface area contributed by atoms with Gasteiger partial charge in [-0.25, -0.2) is 9.97 Å². The Morgan fingerprint density at radius 1 is 1.15 bits per heavy atom. The van der Waals surface area contributed by atoms with E-state index in [1.165, 1.54) is 19.4 Å². The smallest absolute Gasteiger partial charge is 0.161 e. The summed E-state index contributed by atoms with van der Waals surface area (Å²) >= 11 is 5.99. The Hall–Kier alpha value is -1.47. The summed E-state index contributed by atoms with van der Waals surface area (Å²) in [7, 11) is 0. The lowest BCUT2D eigenvalue weighted by atomic mass is 10.1. The molecule has 2 aliphatic rings. The minimum Gasteiger partial charge on any atom is -0.379 e. The van der Waals surface area contributed by atoms with E-state index in [-0.39, 0.29) is 0 Å². The van der Waals surface area contributed by atoms with Crippen molar-refractivity contribution in [3.8, 4) is 0 Å². The van der Waals surface area contributed by atoms with Crippen LogP contribution >= 0.6 is 11.6 Å². The maximum Gasteiger partial charge on any atom is 0.161 e.